The van der Waals surface area contributed by atoms with Gasteiger partial charge in [0.1, 0.15) is 0 Å². The number of benzene rings is 5. The molecule has 0 bridgehead atoms. The fraction of sp³-hybridized carbons (Fsp3) is 0.0750. The molecule has 210 valence electrons. The maximum atomic E-state index is 9.35. The summed E-state index contributed by atoms with van der Waals surface area (Å²) in [6.07, 6.45) is 9.97. The van der Waals surface area contributed by atoms with Crippen LogP contribution in [-0.4, -0.2) is 10.4 Å². The van der Waals surface area contributed by atoms with Crippen molar-refractivity contribution in [2.45, 2.75) is 19.3 Å². The van der Waals surface area contributed by atoms with E-state index in [4.69, 9.17) is 0 Å². The molecule has 4 heteroatoms. The van der Waals surface area contributed by atoms with Crippen molar-refractivity contribution in [3.05, 3.63) is 148 Å². The maximum Gasteiger partial charge on any atom is 0.0894 e. The second-order valence-corrected chi connectivity index (χ2v) is 12.9. The maximum absolute atomic E-state index is 9.35. The molecule has 0 aliphatic heterocycles. The number of hydrogen-bond donors (Lipinski definition) is 2. The molecule has 2 aliphatic carbocycles. The topological polar surface area (TPSA) is 40.8 Å². The largest absolute Gasteiger partial charge is 0.300 e. The van der Waals surface area contributed by atoms with E-state index in [-0.39, 0.29) is 0 Å². The molecule has 1 unspecified atom stereocenters. The lowest BCUT2D eigenvalue weighted by Crippen LogP contribution is -2.19. The number of hydrogen-bond acceptors (Lipinski definition) is 3. The number of fused-ring (bicyclic) bond motifs is 11. The van der Waals surface area contributed by atoms with Gasteiger partial charge in [-0.05, 0) is 40.3 Å². The van der Waals surface area contributed by atoms with Gasteiger partial charge in [-0.15, -0.1) is 11.3 Å². The van der Waals surface area contributed by atoms with Gasteiger partial charge in [0, 0.05) is 37.7 Å². The normalized spacial score (nSPS) is 17.0. The molecule has 2 heterocycles. The van der Waals surface area contributed by atoms with Crippen molar-refractivity contribution in [1.29, 1.82) is 5.41 Å². The van der Waals surface area contributed by atoms with Gasteiger partial charge < -0.3 is 0 Å². The summed E-state index contributed by atoms with van der Waals surface area (Å²) in [6.45, 7) is 2.35. The Kier molecular flexibility index (Phi) is 5.56. The summed E-state index contributed by atoms with van der Waals surface area (Å²) < 4.78 is 3.61. The van der Waals surface area contributed by atoms with E-state index in [1.54, 1.807) is 0 Å². The highest BCUT2D eigenvalue weighted by Crippen LogP contribution is 2.49. The number of allylic oxidation sites excluding steroid dienone is 3. The Morgan fingerprint density at radius 3 is 2.32 bits per heavy atom. The minimum Gasteiger partial charge on any atom is -0.300 e. The van der Waals surface area contributed by atoms with Gasteiger partial charge in [0.05, 0.1) is 27.1 Å². The molecule has 0 amide bonds. The molecule has 5 aromatic carbocycles. The molecule has 0 spiro atoms. The molecular weight excluding hydrogens is 555 g/mol. The SMILES string of the molecule is CC1CC=Cc2c1sc1c2c2ccccc2c2c3ccccc3n(N/C(=C3/C=Cc4ccccc4C3=N)c3ccccc3)c12. The van der Waals surface area contributed by atoms with Gasteiger partial charge in [-0.1, -0.05) is 128 Å². The van der Waals surface area contributed by atoms with Crippen molar-refractivity contribution in [1.82, 2.24) is 4.68 Å². The van der Waals surface area contributed by atoms with E-state index in [1.807, 2.05) is 35.6 Å². The first-order valence-electron chi connectivity index (χ1n) is 15.2. The van der Waals surface area contributed by atoms with E-state index in [0.717, 1.165) is 39.9 Å². The number of nitrogens with zero attached hydrogens (tertiary/aromatic N) is 1. The second-order valence-electron chi connectivity index (χ2n) is 11.8. The quantitative estimate of drug-likeness (QED) is 0.213. The molecule has 44 heavy (non-hydrogen) atoms. The molecule has 1 atom stereocenters. The highest BCUT2D eigenvalue weighted by atomic mass is 32.1. The number of para-hydroxylation sites is 1. The number of nitrogens with one attached hydrogen (secondary N) is 2. The smallest absolute Gasteiger partial charge is 0.0894 e. The number of aromatic nitrogens is 1. The van der Waals surface area contributed by atoms with Crippen molar-refractivity contribution in [3.8, 4) is 0 Å². The predicted octanol–water partition coefficient (Wildman–Crippen LogP) is 10.7. The zero-order valence-corrected chi connectivity index (χ0v) is 25.1. The van der Waals surface area contributed by atoms with Gasteiger partial charge in [-0.2, -0.15) is 0 Å². The third-order valence-corrected chi connectivity index (χ3v) is 10.7. The summed E-state index contributed by atoms with van der Waals surface area (Å²) in [4.78, 5) is 1.46. The van der Waals surface area contributed by atoms with Gasteiger partial charge in [-0.3, -0.25) is 15.5 Å². The highest BCUT2D eigenvalue weighted by molar-refractivity contribution is 7.20. The third kappa shape index (κ3) is 3.58. The Morgan fingerprint density at radius 2 is 1.48 bits per heavy atom. The van der Waals surface area contributed by atoms with Crippen molar-refractivity contribution < 1.29 is 0 Å². The van der Waals surface area contributed by atoms with E-state index >= 15 is 0 Å². The molecule has 9 rings (SSSR count). The molecule has 2 N–H and O–H groups in total. The number of rotatable bonds is 3. The molecule has 3 nitrogen and oxygen atoms in total. The van der Waals surface area contributed by atoms with E-state index < -0.39 is 0 Å². The molecule has 0 fully saturated rings. The van der Waals surface area contributed by atoms with Crippen LogP contribution in [0, 0.1) is 5.41 Å². The second kappa shape index (κ2) is 9.66. The Morgan fingerprint density at radius 1 is 0.773 bits per heavy atom. The molecule has 2 aliphatic rings. The first-order valence-corrected chi connectivity index (χ1v) is 16.0. The van der Waals surface area contributed by atoms with Crippen LogP contribution < -0.4 is 5.43 Å². The Balaban J connectivity index is 1.41. The Bertz CT molecular complexity index is 2420. The summed E-state index contributed by atoms with van der Waals surface area (Å²) in [5, 5.41) is 15.8. The Hall–Kier alpha value is -5.19. The predicted molar refractivity (Wildman–Crippen MR) is 189 cm³/mol. The van der Waals surface area contributed by atoms with Gasteiger partial charge in [0.15, 0.2) is 0 Å². The number of thiophene rings is 1. The minimum absolute atomic E-state index is 0.488. The molecule has 2 aromatic heterocycles. The summed E-state index contributed by atoms with van der Waals surface area (Å²) >= 11 is 1.95. The summed E-state index contributed by atoms with van der Waals surface area (Å²) in [5.74, 6) is 0.488. The van der Waals surface area contributed by atoms with E-state index in [9.17, 15) is 5.41 Å². The van der Waals surface area contributed by atoms with Crippen LogP contribution in [0.15, 0.2) is 121 Å². The fourth-order valence-corrected chi connectivity index (χ4v) is 8.57. The van der Waals surface area contributed by atoms with E-state index in [0.29, 0.717) is 11.6 Å². The van der Waals surface area contributed by atoms with Gasteiger partial charge in [-0.25, -0.2) is 0 Å². The van der Waals surface area contributed by atoms with E-state index in [1.165, 1.54) is 47.6 Å². The highest BCUT2D eigenvalue weighted by Gasteiger charge is 2.26. The summed E-state index contributed by atoms with van der Waals surface area (Å²) in [5.41, 5.74) is 13.0. The minimum atomic E-state index is 0.488. The summed E-state index contributed by atoms with van der Waals surface area (Å²) in [7, 11) is 0. The zero-order chi connectivity index (χ0) is 29.4. The Labute approximate surface area is 259 Å². The van der Waals surface area contributed by atoms with E-state index in [2.05, 4.69) is 120 Å². The van der Waals surface area contributed by atoms with Crippen LogP contribution in [0.25, 0.3) is 60.5 Å². The lowest BCUT2D eigenvalue weighted by Gasteiger charge is -2.22. The van der Waals surface area contributed by atoms with Crippen LogP contribution >= 0.6 is 11.3 Å². The first kappa shape index (κ1) is 25.3. The first-order chi connectivity index (χ1) is 21.7. The summed E-state index contributed by atoms with van der Waals surface area (Å²) in [6, 6.07) is 36.2. The van der Waals surface area contributed by atoms with Crippen molar-refractivity contribution >= 4 is 77.6 Å². The third-order valence-electron chi connectivity index (χ3n) is 9.24. The fourth-order valence-electron chi connectivity index (χ4n) is 7.16. The van der Waals surface area contributed by atoms with Crippen LogP contribution in [0.5, 0.6) is 0 Å². The molecule has 0 saturated heterocycles. The average molecular weight is 584 g/mol. The van der Waals surface area contributed by atoms with Gasteiger partial charge in [0.2, 0.25) is 0 Å². The van der Waals surface area contributed by atoms with Crippen LogP contribution in [0.2, 0.25) is 0 Å². The van der Waals surface area contributed by atoms with Crippen LogP contribution in [-0.2, 0) is 0 Å². The molecule has 0 saturated carbocycles. The van der Waals surface area contributed by atoms with Crippen LogP contribution in [0.1, 0.15) is 46.4 Å². The van der Waals surface area contributed by atoms with Crippen molar-refractivity contribution in [2.75, 3.05) is 5.43 Å². The zero-order valence-electron chi connectivity index (χ0n) is 24.3. The molecule has 7 aromatic rings. The monoisotopic (exact) mass is 583 g/mol. The molecular formula is C40H29N3S. The lowest BCUT2D eigenvalue weighted by molar-refractivity contribution is 0.791. The van der Waals surface area contributed by atoms with Crippen molar-refractivity contribution in [2.24, 2.45) is 0 Å². The molecule has 0 radical (unpaired) electrons. The van der Waals surface area contributed by atoms with Crippen LogP contribution in [0.4, 0.5) is 0 Å². The standard InChI is InChI=1S/C40H29N3S/c1-24-12-11-20-31-35-29-18-8-7-17-28(29)34-30-19-9-10-21-33(30)43(38(34)40(35)44-39(24)31)42-37(26-14-3-2-4-15-26)32-23-22-25-13-5-6-16-27(25)36(32)41/h2-11,13-24,41-42H,12H2,1H3/b37-32-,41-36?. The lowest BCUT2D eigenvalue weighted by atomic mass is 9.89. The van der Waals surface area contributed by atoms with Crippen molar-refractivity contribution in [3.63, 3.8) is 0 Å². The van der Waals surface area contributed by atoms with Gasteiger partial charge in [0.25, 0.3) is 0 Å². The van der Waals surface area contributed by atoms with Gasteiger partial charge >= 0.3 is 0 Å². The average Bonchev–Trinajstić information content (AvgIpc) is 3.62. The van der Waals surface area contributed by atoms with Crippen LogP contribution in [0.3, 0.4) is 0 Å².